The van der Waals surface area contributed by atoms with E-state index >= 15 is 0 Å². The molecule has 0 bridgehead atoms. The van der Waals surface area contributed by atoms with Crippen LogP contribution < -0.4 is 10.5 Å². The molecule has 2 N–H and O–H groups in total. The summed E-state index contributed by atoms with van der Waals surface area (Å²) in [5, 5.41) is 0. The van der Waals surface area contributed by atoms with E-state index in [4.69, 9.17) is 15.2 Å². The van der Waals surface area contributed by atoms with Crippen molar-refractivity contribution in [3.05, 3.63) is 53.6 Å². The minimum atomic E-state index is -0.819. The van der Waals surface area contributed by atoms with Crippen molar-refractivity contribution in [2.24, 2.45) is 5.73 Å². The Morgan fingerprint density at radius 1 is 1.27 bits per heavy atom. The van der Waals surface area contributed by atoms with Crippen molar-refractivity contribution in [1.82, 2.24) is 0 Å². The fourth-order valence-corrected chi connectivity index (χ4v) is 2.42. The molecule has 2 rings (SSSR count). The van der Waals surface area contributed by atoms with E-state index in [9.17, 15) is 9.59 Å². The predicted octanol–water partition coefficient (Wildman–Crippen LogP) is 2.35. The first-order valence-corrected chi connectivity index (χ1v) is 8.52. The monoisotopic (exact) mass is 353 g/mol. The van der Waals surface area contributed by atoms with Gasteiger partial charge in [-0.15, -0.1) is 5.92 Å². The molecular weight excluding hydrogens is 330 g/mol. The third-order valence-corrected chi connectivity index (χ3v) is 3.89. The number of Topliss-reactive ketones (excluding diaryl/α,β-unsaturated/α-hetero) is 1. The average molecular weight is 353 g/mol. The van der Waals surface area contributed by atoms with Crippen LogP contribution in [0.1, 0.15) is 25.3 Å². The second-order valence-electron chi connectivity index (χ2n) is 5.86. The number of rotatable bonds is 8. The van der Waals surface area contributed by atoms with E-state index < -0.39 is 12.0 Å². The Morgan fingerprint density at radius 3 is 2.69 bits per heavy atom. The Bertz CT molecular complexity index is 750. The Morgan fingerprint density at radius 2 is 2.04 bits per heavy atom. The van der Waals surface area contributed by atoms with Gasteiger partial charge in [-0.05, 0) is 49.5 Å². The van der Waals surface area contributed by atoms with Crippen molar-refractivity contribution in [2.75, 3.05) is 13.2 Å². The molecule has 26 heavy (non-hydrogen) atoms. The van der Waals surface area contributed by atoms with Gasteiger partial charge in [0, 0.05) is 0 Å². The molecule has 0 fully saturated rings. The van der Waals surface area contributed by atoms with Crippen molar-refractivity contribution in [1.29, 1.82) is 0 Å². The summed E-state index contributed by atoms with van der Waals surface area (Å²) in [6, 6.07) is 6.47. The van der Waals surface area contributed by atoms with E-state index in [-0.39, 0.29) is 12.4 Å². The van der Waals surface area contributed by atoms with Gasteiger partial charge in [0.25, 0.3) is 0 Å². The van der Waals surface area contributed by atoms with Gasteiger partial charge in [0.05, 0.1) is 0 Å². The van der Waals surface area contributed by atoms with Crippen LogP contribution in [0.15, 0.2) is 48.1 Å². The lowest BCUT2D eigenvalue weighted by atomic mass is 10.0. The highest BCUT2D eigenvalue weighted by molar-refractivity contribution is 5.97. The van der Waals surface area contributed by atoms with E-state index in [1.165, 1.54) is 0 Å². The molecule has 5 heteroatoms. The van der Waals surface area contributed by atoms with Crippen molar-refractivity contribution >= 4 is 11.8 Å². The average Bonchev–Trinajstić information content (AvgIpc) is 2.68. The third kappa shape index (κ3) is 6.23. The SMILES string of the molecule is CC#CCOc1ccc(C[C@H](N)C(=O)OCC(=O)C2=CC=CCC2)cc1. The van der Waals surface area contributed by atoms with Crippen LogP contribution in [0, 0.1) is 11.8 Å². The van der Waals surface area contributed by atoms with E-state index in [0.717, 1.165) is 12.0 Å². The summed E-state index contributed by atoms with van der Waals surface area (Å²) < 4.78 is 10.5. The van der Waals surface area contributed by atoms with Crippen molar-refractivity contribution in [3.63, 3.8) is 0 Å². The standard InChI is InChI=1S/C21H23NO4/c1-2-3-13-25-18-11-9-16(10-12-18)14-19(22)21(24)26-15-20(23)17-7-5-4-6-8-17/h4-5,7,9-12,19H,6,8,13-15,22H2,1H3/t19-/m0/s1. The fourth-order valence-electron chi connectivity index (χ4n) is 2.42. The molecule has 5 nitrogen and oxygen atoms in total. The molecule has 0 unspecified atom stereocenters. The molecule has 0 aromatic heterocycles. The van der Waals surface area contributed by atoms with Crippen LogP contribution in [0.2, 0.25) is 0 Å². The molecular formula is C21H23NO4. The van der Waals surface area contributed by atoms with Crippen molar-refractivity contribution in [2.45, 2.75) is 32.2 Å². The minimum Gasteiger partial charge on any atom is -0.481 e. The summed E-state index contributed by atoms with van der Waals surface area (Å²) in [7, 11) is 0. The molecule has 136 valence electrons. The van der Waals surface area contributed by atoms with E-state index in [0.29, 0.717) is 30.8 Å². The highest BCUT2D eigenvalue weighted by atomic mass is 16.5. The largest absolute Gasteiger partial charge is 0.481 e. The number of esters is 1. The maximum absolute atomic E-state index is 12.0. The van der Waals surface area contributed by atoms with Crippen molar-refractivity contribution in [3.8, 4) is 17.6 Å². The molecule has 0 saturated heterocycles. The van der Waals surface area contributed by atoms with Gasteiger partial charge in [0.1, 0.15) is 18.4 Å². The second kappa shape index (κ2) is 10.2. The van der Waals surface area contributed by atoms with Crippen LogP contribution >= 0.6 is 0 Å². The normalized spacial score (nSPS) is 13.8. The van der Waals surface area contributed by atoms with E-state index in [1.807, 2.05) is 24.3 Å². The molecule has 0 radical (unpaired) electrons. The highest BCUT2D eigenvalue weighted by Gasteiger charge is 2.18. The Kier molecular flexibility index (Phi) is 7.66. The summed E-state index contributed by atoms with van der Waals surface area (Å²) in [4.78, 5) is 24.0. The number of hydrogen-bond donors (Lipinski definition) is 1. The number of benzene rings is 1. The maximum atomic E-state index is 12.0. The Balaban J connectivity index is 1.78. The first-order chi connectivity index (χ1) is 12.6. The van der Waals surface area contributed by atoms with Gasteiger partial charge in [-0.25, -0.2) is 0 Å². The molecule has 0 spiro atoms. The number of nitrogens with two attached hydrogens (primary N) is 1. The quantitative estimate of drug-likeness (QED) is 0.573. The van der Waals surface area contributed by atoms with E-state index in [2.05, 4.69) is 11.8 Å². The zero-order valence-electron chi connectivity index (χ0n) is 14.9. The minimum absolute atomic E-state index is 0.174. The van der Waals surface area contributed by atoms with Gasteiger partial charge >= 0.3 is 5.97 Å². The molecule has 1 aromatic carbocycles. The third-order valence-electron chi connectivity index (χ3n) is 3.89. The second-order valence-corrected chi connectivity index (χ2v) is 5.86. The molecule has 0 amide bonds. The number of ether oxygens (including phenoxy) is 2. The zero-order chi connectivity index (χ0) is 18.8. The Labute approximate surface area is 153 Å². The molecule has 1 aromatic rings. The molecule has 1 atom stereocenters. The number of carbonyl (C=O) groups is 2. The van der Waals surface area contributed by atoms with E-state index in [1.54, 1.807) is 25.1 Å². The molecule has 0 heterocycles. The molecule has 1 aliphatic carbocycles. The predicted molar refractivity (Wildman–Crippen MR) is 99.5 cm³/mol. The van der Waals surface area contributed by atoms with Crippen molar-refractivity contribution < 1.29 is 19.1 Å². The number of ketones is 1. The van der Waals surface area contributed by atoms with Crippen LogP contribution in [0.3, 0.4) is 0 Å². The lowest BCUT2D eigenvalue weighted by molar-refractivity contribution is -0.148. The van der Waals surface area contributed by atoms with Crippen LogP contribution in [-0.4, -0.2) is 31.0 Å². The van der Waals surface area contributed by atoms with Gasteiger partial charge in [0.15, 0.2) is 12.4 Å². The lowest BCUT2D eigenvalue weighted by Gasteiger charge is -2.13. The summed E-state index contributed by atoms with van der Waals surface area (Å²) in [5.74, 6) is 5.52. The van der Waals surface area contributed by atoms with Gasteiger partial charge < -0.3 is 15.2 Å². The van der Waals surface area contributed by atoms with Gasteiger partial charge in [-0.2, -0.15) is 0 Å². The first-order valence-electron chi connectivity index (χ1n) is 8.52. The van der Waals surface area contributed by atoms with Crippen LogP contribution in [-0.2, 0) is 20.7 Å². The van der Waals surface area contributed by atoms with Crippen LogP contribution in [0.4, 0.5) is 0 Å². The smallest absolute Gasteiger partial charge is 0.323 e. The van der Waals surface area contributed by atoms with Crippen LogP contribution in [0.25, 0.3) is 0 Å². The van der Waals surface area contributed by atoms with Gasteiger partial charge in [0.2, 0.25) is 0 Å². The van der Waals surface area contributed by atoms with Gasteiger partial charge in [-0.1, -0.05) is 36.3 Å². The fraction of sp³-hybridized carbons (Fsp3) is 0.333. The zero-order valence-corrected chi connectivity index (χ0v) is 14.9. The lowest BCUT2D eigenvalue weighted by Crippen LogP contribution is -2.35. The highest BCUT2D eigenvalue weighted by Crippen LogP contribution is 2.14. The summed E-state index contributed by atoms with van der Waals surface area (Å²) in [5.41, 5.74) is 7.45. The number of allylic oxidation sites excluding steroid dienone is 3. The summed E-state index contributed by atoms with van der Waals surface area (Å²) >= 11 is 0. The molecule has 1 aliphatic rings. The number of carbonyl (C=O) groups excluding carboxylic acids is 2. The topological polar surface area (TPSA) is 78.6 Å². The number of hydrogen-bond acceptors (Lipinski definition) is 5. The summed E-state index contributed by atoms with van der Waals surface area (Å²) in [6.45, 7) is 1.82. The molecule has 0 saturated carbocycles. The van der Waals surface area contributed by atoms with Crippen LogP contribution in [0.5, 0.6) is 5.75 Å². The molecule has 0 aliphatic heterocycles. The maximum Gasteiger partial charge on any atom is 0.323 e. The first kappa shape index (κ1) is 19.5. The summed E-state index contributed by atoms with van der Waals surface area (Å²) in [6.07, 6.45) is 7.43. The Hall–Kier alpha value is -2.84. The van der Waals surface area contributed by atoms with Gasteiger partial charge in [-0.3, -0.25) is 9.59 Å².